The number of aliphatic hydroxyl groups excluding tert-OH is 3. The van der Waals surface area contributed by atoms with E-state index < -0.39 is 70.7 Å². The van der Waals surface area contributed by atoms with Crippen molar-refractivity contribution in [1.29, 1.82) is 0 Å². The van der Waals surface area contributed by atoms with Gasteiger partial charge in [0.25, 0.3) is 5.56 Å². The first-order chi connectivity index (χ1) is 19.8. The van der Waals surface area contributed by atoms with E-state index in [2.05, 4.69) is 29.4 Å². The number of ether oxygens (including phenoxy) is 1. The topological polar surface area (TPSA) is 304 Å². The smallest absolute Gasteiger partial charge is 0.341 e. The normalized spacial score (nSPS) is 25.4. The molecule has 0 spiro atoms. The molecule has 9 N–H and O–H groups in total. The number of nitrogens with two attached hydrogens (primary N) is 1. The van der Waals surface area contributed by atoms with E-state index in [1.54, 1.807) is 0 Å². The second kappa shape index (κ2) is 11.3. The summed E-state index contributed by atoms with van der Waals surface area (Å²) in [4.78, 5) is 50.5. The van der Waals surface area contributed by atoms with Crippen LogP contribution in [0, 0.1) is 0 Å². The lowest BCUT2D eigenvalue weighted by atomic mass is 10.2. The molecule has 0 radical (unpaired) electrons. The van der Waals surface area contributed by atoms with Crippen LogP contribution >= 0.6 is 27.5 Å². The van der Waals surface area contributed by atoms with Gasteiger partial charge in [0.2, 0.25) is 11.7 Å². The molecule has 1 aliphatic heterocycles. The van der Waals surface area contributed by atoms with Crippen LogP contribution in [-0.2, 0) is 22.9 Å². The maximum atomic E-state index is 13.9. The monoisotopic (exact) mass is 652 g/mol. The molecule has 228 valence electrons. The molecule has 0 aliphatic carbocycles. The third-order valence-electron chi connectivity index (χ3n) is 6.44. The summed E-state index contributed by atoms with van der Waals surface area (Å²) < 4.78 is 42.4. The molecule has 2 unspecified atom stereocenters. The van der Waals surface area contributed by atoms with Crippen LogP contribution in [0.1, 0.15) is 12.5 Å². The lowest BCUT2D eigenvalue weighted by Crippen LogP contribution is -2.47. The number of aromatic nitrogens is 7. The predicted molar refractivity (Wildman–Crippen MR) is 140 cm³/mol. The van der Waals surface area contributed by atoms with Crippen LogP contribution in [0.5, 0.6) is 0 Å². The van der Waals surface area contributed by atoms with Crippen molar-refractivity contribution < 1.29 is 53.1 Å². The molecule has 1 aliphatic rings. The highest BCUT2D eigenvalue weighted by Crippen LogP contribution is 2.60. The van der Waals surface area contributed by atoms with E-state index in [1.165, 1.54) is 6.07 Å². The van der Waals surface area contributed by atoms with Crippen LogP contribution < -0.4 is 11.3 Å². The van der Waals surface area contributed by atoms with Gasteiger partial charge in [0, 0.05) is 6.20 Å². The van der Waals surface area contributed by atoms with Gasteiger partial charge in [0.05, 0.1) is 18.3 Å². The summed E-state index contributed by atoms with van der Waals surface area (Å²) in [5, 5.41) is 43.3. The number of hydrogen-bond donors (Lipinski definition) is 8. The number of anilines is 1. The van der Waals surface area contributed by atoms with E-state index in [4.69, 9.17) is 26.6 Å². The highest BCUT2D eigenvalue weighted by molar-refractivity contribution is 7.53. The SMILES string of the molecule is Nc1nc2c(ncn2[C@@H]2O[C@H](CO)[C@@H](O)[C@H]2P(=O)(O)O[C@](O)(CO[PH](=O)O)[C@@H](O)n2ccc3c(Cl)ncnc32)c(=O)[nH]1. The minimum absolute atomic E-state index is 0.0374. The molecule has 1 saturated heterocycles. The number of halogens is 1. The third-order valence-corrected chi connectivity index (χ3v) is 9.02. The first-order valence-corrected chi connectivity index (χ1v) is 15.0. The van der Waals surface area contributed by atoms with Gasteiger partial charge in [-0.25, -0.2) is 15.0 Å². The Morgan fingerprint density at radius 2 is 2.07 bits per heavy atom. The Kier molecular flexibility index (Phi) is 8.27. The molecule has 23 heteroatoms. The van der Waals surface area contributed by atoms with Crippen LogP contribution in [-0.4, -0.2) is 101 Å². The Morgan fingerprint density at radius 3 is 2.76 bits per heavy atom. The zero-order valence-corrected chi connectivity index (χ0v) is 23.5. The molecule has 1 fully saturated rings. The number of nitrogens with one attached hydrogen (secondary N) is 1. The summed E-state index contributed by atoms with van der Waals surface area (Å²) in [7, 11) is -9.26. The zero-order valence-electron chi connectivity index (χ0n) is 20.8. The Labute approximate surface area is 238 Å². The molecule has 0 aromatic carbocycles. The fraction of sp³-hybridized carbons (Fsp3) is 0.421. The van der Waals surface area contributed by atoms with Gasteiger partial charge in [0.1, 0.15) is 41.6 Å². The van der Waals surface area contributed by atoms with E-state index in [0.29, 0.717) is 0 Å². The first kappa shape index (κ1) is 30.6. The summed E-state index contributed by atoms with van der Waals surface area (Å²) >= 11 is 6.03. The van der Waals surface area contributed by atoms with E-state index in [-0.39, 0.29) is 33.3 Å². The second-order valence-corrected chi connectivity index (χ2v) is 12.1. The molecule has 0 bridgehead atoms. The van der Waals surface area contributed by atoms with Gasteiger partial charge in [-0.05, 0) is 6.07 Å². The van der Waals surface area contributed by atoms with Crippen molar-refractivity contribution in [3.8, 4) is 0 Å². The summed E-state index contributed by atoms with van der Waals surface area (Å²) in [5.41, 5.74) is 2.25. The average molecular weight is 653 g/mol. The third kappa shape index (κ3) is 5.37. The molecule has 4 aromatic rings. The summed E-state index contributed by atoms with van der Waals surface area (Å²) in [6, 6.07) is 1.34. The van der Waals surface area contributed by atoms with Gasteiger partial charge in [-0.2, -0.15) is 4.98 Å². The molecule has 8 atom stereocenters. The quantitative estimate of drug-likeness (QED) is 0.0532. The van der Waals surface area contributed by atoms with Crippen molar-refractivity contribution in [3.05, 3.63) is 40.4 Å². The number of hydrogen-bond acceptors (Lipinski definition) is 15. The maximum absolute atomic E-state index is 13.9. The Balaban J connectivity index is 1.57. The summed E-state index contributed by atoms with van der Waals surface area (Å²) in [6.07, 6.45) is -4.32. The van der Waals surface area contributed by atoms with Gasteiger partial charge in [-0.1, -0.05) is 11.6 Å². The van der Waals surface area contributed by atoms with E-state index in [0.717, 1.165) is 28.0 Å². The minimum Gasteiger partial charge on any atom is -0.394 e. The molecular weight excluding hydrogens is 630 g/mol. The molecule has 4 aromatic heterocycles. The van der Waals surface area contributed by atoms with Gasteiger partial charge >= 0.3 is 15.9 Å². The zero-order chi connectivity index (χ0) is 30.6. The largest absolute Gasteiger partial charge is 0.394 e. The van der Waals surface area contributed by atoms with Gasteiger partial charge in [0.15, 0.2) is 23.6 Å². The van der Waals surface area contributed by atoms with Gasteiger partial charge < -0.3 is 49.8 Å². The highest BCUT2D eigenvalue weighted by atomic mass is 35.5. The summed E-state index contributed by atoms with van der Waals surface area (Å²) in [5.74, 6) is -3.61. The van der Waals surface area contributed by atoms with E-state index in [9.17, 15) is 44.1 Å². The maximum Gasteiger partial charge on any atom is 0.341 e. The Hall–Kier alpha value is -2.84. The van der Waals surface area contributed by atoms with Gasteiger partial charge in [-0.15, -0.1) is 0 Å². The lowest BCUT2D eigenvalue weighted by molar-refractivity contribution is -0.248. The lowest BCUT2D eigenvalue weighted by Gasteiger charge is -2.36. The summed E-state index contributed by atoms with van der Waals surface area (Å²) in [6.45, 7) is -2.19. The molecule has 20 nitrogen and oxygen atoms in total. The number of imidazole rings is 1. The first-order valence-electron chi connectivity index (χ1n) is 11.7. The van der Waals surface area contributed by atoms with Crippen LogP contribution in [0.4, 0.5) is 5.95 Å². The number of rotatable bonds is 10. The average Bonchev–Trinajstić information content (AvgIpc) is 3.62. The van der Waals surface area contributed by atoms with Crippen molar-refractivity contribution in [3.63, 3.8) is 0 Å². The number of aliphatic hydroxyl groups is 4. The van der Waals surface area contributed by atoms with Crippen LogP contribution in [0.25, 0.3) is 22.2 Å². The van der Waals surface area contributed by atoms with Crippen molar-refractivity contribution >= 4 is 55.6 Å². The van der Waals surface area contributed by atoms with E-state index in [1.807, 2.05) is 0 Å². The second-order valence-electron chi connectivity index (χ2n) is 9.06. The van der Waals surface area contributed by atoms with Gasteiger partial charge in [-0.3, -0.25) is 28.0 Å². The Morgan fingerprint density at radius 1 is 1.33 bits per heavy atom. The molecule has 0 amide bonds. The molecule has 42 heavy (non-hydrogen) atoms. The fourth-order valence-corrected chi connectivity index (χ4v) is 6.91. The van der Waals surface area contributed by atoms with Crippen LogP contribution in [0.3, 0.4) is 0 Å². The van der Waals surface area contributed by atoms with Crippen LogP contribution in [0.15, 0.2) is 29.7 Å². The Bertz CT molecular complexity index is 1770. The van der Waals surface area contributed by atoms with Crippen molar-refractivity contribution in [2.75, 3.05) is 18.9 Å². The van der Waals surface area contributed by atoms with Crippen LogP contribution in [0.2, 0.25) is 5.15 Å². The number of nitrogens with zero attached hydrogens (tertiary/aromatic N) is 6. The number of H-pyrrole nitrogens is 1. The molecule has 5 rings (SSSR count). The van der Waals surface area contributed by atoms with E-state index >= 15 is 0 Å². The number of aromatic amines is 1. The van der Waals surface area contributed by atoms with Crippen molar-refractivity contribution in [2.24, 2.45) is 0 Å². The molecule has 5 heterocycles. The fourth-order valence-electron chi connectivity index (χ4n) is 4.55. The molecular formula is C19H23ClN8O12P2. The standard InChI is InChI=1S/C19H23ClN8O12P2/c20-12-7-1-2-27(13(7)23-5-22-12)17(32)19(33,4-38-41(34)35)40-42(36,37)11-10(30)8(3-29)39-16(11)28-6-24-9-14(28)25-18(21)26-15(9)31/h1-2,5-6,8,10-11,16-17,29-30,32-33,41H,3-4H2,(H,34,35)(H,36,37)(H3,21,25,26,31)/t8-,10-,11-,16-,17-,19-/m1/s1. The predicted octanol–water partition coefficient (Wildman–Crippen LogP) is -1.80. The highest BCUT2D eigenvalue weighted by Gasteiger charge is 2.58. The minimum atomic E-state index is -5.47. The van der Waals surface area contributed by atoms with Crippen molar-refractivity contribution in [2.45, 2.75) is 36.1 Å². The van der Waals surface area contributed by atoms with Crippen molar-refractivity contribution in [1.82, 2.24) is 34.1 Å². The molecule has 0 saturated carbocycles. The number of fused-ring (bicyclic) bond motifs is 2. The number of nitrogen functional groups attached to an aromatic ring is 1.